The van der Waals surface area contributed by atoms with Crippen molar-refractivity contribution in [3.8, 4) is 28.6 Å². The maximum atomic E-state index is 10.1. The summed E-state index contributed by atoms with van der Waals surface area (Å²) in [5, 5.41) is 16.4. The number of hydrogen-bond donors (Lipinski definition) is 0. The van der Waals surface area contributed by atoms with Crippen LogP contribution in [0.5, 0.6) is 0 Å². The number of para-hydroxylation sites is 3. The van der Waals surface area contributed by atoms with Crippen molar-refractivity contribution in [2.24, 2.45) is 5.92 Å². The molecule has 3 heterocycles. The van der Waals surface area contributed by atoms with Crippen LogP contribution in [-0.4, -0.2) is 9.13 Å². The van der Waals surface area contributed by atoms with Crippen molar-refractivity contribution in [1.82, 2.24) is 9.13 Å². The first-order valence-corrected chi connectivity index (χ1v) is 17.3. The van der Waals surface area contributed by atoms with E-state index in [-0.39, 0.29) is 0 Å². The Bertz CT molecular complexity index is 2840. The highest BCUT2D eigenvalue weighted by Crippen LogP contribution is 2.47. The van der Waals surface area contributed by atoms with Crippen LogP contribution in [0.3, 0.4) is 0 Å². The molecule has 0 bridgehead atoms. The molecule has 10 rings (SSSR count). The Hall–Kier alpha value is -5.89. The summed E-state index contributed by atoms with van der Waals surface area (Å²) in [6.45, 7) is 2.29. The number of aromatic nitrogens is 2. The third-order valence-electron chi connectivity index (χ3n) is 10.1. The molecule has 3 nitrogen and oxygen atoms in total. The molecule has 4 heteroatoms. The molecular weight excluding hydrogens is 603 g/mol. The lowest BCUT2D eigenvalue weighted by molar-refractivity contribution is 0.691. The van der Waals surface area contributed by atoms with Gasteiger partial charge in [0.2, 0.25) is 0 Å². The van der Waals surface area contributed by atoms with E-state index in [2.05, 4.69) is 156 Å². The Morgan fingerprint density at radius 3 is 2.21 bits per heavy atom. The number of rotatable bonds is 3. The number of nitrogens with zero attached hydrogens (tertiary/aromatic N) is 3. The summed E-state index contributed by atoms with van der Waals surface area (Å²) in [6.07, 6.45) is 5.60. The Kier molecular flexibility index (Phi) is 5.85. The lowest BCUT2D eigenvalue weighted by atomic mass is 9.94. The normalized spacial score (nSPS) is 14.4. The van der Waals surface area contributed by atoms with Crippen LogP contribution in [0, 0.1) is 17.2 Å². The highest BCUT2D eigenvalue weighted by molar-refractivity contribution is 7.27. The highest BCUT2D eigenvalue weighted by atomic mass is 32.1. The van der Waals surface area contributed by atoms with Gasteiger partial charge in [-0.1, -0.05) is 97.9 Å². The summed E-state index contributed by atoms with van der Waals surface area (Å²) in [7, 11) is 0. The van der Waals surface area contributed by atoms with Gasteiger partial charge in [-0.3, -0.25) is 0 Å². The first-order chi connectivity index (χ1) is 23.7. The van der Waals surface area contributed by atoms with Crippen LogP contribution in [0.2, 0.25) is 0 Å². The van der Waals surface area contributed by atoms with Crippen molar-refractivity contribution in [1.29, 1.82) is 5.26 Å². The Balaban J connectivity index is 1.29. The minimum atomic E-state index is 0.453. The van der Waals surface area contributed by atoms with Crippen LogP contribution in [0.1, 0.15) is 23.7 Å². The van der Waals surface area contributed by atoms with Gasteiger partial charge < -0.3 is 9.13 Å². The molecule has 0 fully saturated rings. The molecule has 0 N–H and O–H groups in total. The second-order valence-electron chi connectivity index (χ2n) is 12.9. The zero-order chi connectivity index (χ0) is 31.9. The molecule has 0 amide bonds. The van der Waals surface area contributed by atoms with E-state index < -0.39 is 0 Å². The van der Waals surface area contributed by atoms with Gasteiger partial charge in [-0.25, -0.2) is 0 Å². The average molecular weight is 632 g/mol. The minimum Gasteiger partial charge on any atom is -0.312 e. The van der Waals surface area contributed by atoms with E-state index in [4.69, 9.17) is 0 Å². The van der Waals surface area contributed by atoms with Crippen LogP contribution >= 0.6 is 11.3 Å². The van der Waals surface area contributed by atoms with Gasteiger partial charge >= 0.3 is 0 Å². The maximum absolute atomic E-state index is 10.1. The standard InChI is InChI=1S/C44H29N3S/c1-27-18-20-31-30-12-5-7-16-37(30)47(41(31)24-27)39-22-19-28(26-45)25-36(39)33-15-9-14-32-34-21-23-40-42(44(34)48-43(32)33)35-13-6-8-17-38(35)46(40)29-10-3-2-4-11-29/h2-23,25,27H,24H2,1H3. The minimum absolute atomic E-state index is 0.453. The van der Waals surface area contributed by atoms with E-state index in [1.54, 1.807) is 0 Å². The van der Waals surface area contributed by atoms with Crippen molar-refractivity contribution >= 4 is 70.3 Å². The molecule has 0 saturated heterocycles. The fourth-order valence-corrected chi connectivity index (χ4v) is 9.39. The predicted octanol–water partition coefficient (Wildman–Crippen LogP) is 11.8. The van der Waals surface area contributed by atoms with Crippen LogP contribution < -0.4 is 0 Å². The molecule has 0 radical (unpaired) electrons. The second-order valence-corrected chi connectivity index (χ2v) is 13.9. The zero-order valence-electron chi connectivity index (χ0n) is 26.3. The fourth-order valence-electron chi connectivity index (χ4n) is 8.01. The van der Waals surface area contributed by atoms with Crippen molar-refractivity contribution in [2.75, 3.05) is 0 Å². The summed E-state index contributed by atoms with van der Waals surface area (Å²) in [4.78, 5) is 0. The van der Waals surface area contributed by atoms with E-state index in [1.807, 2.05) is 17.4 Å². The number of hydrogen-bond acceptors (Lipinski definition) is 2. The molecule has 0 spiro atoms. The van der Waals surface area contributed by atoms with Gasteiger partial charge in [0.1, 0.15) is 0 Å². The monoisotopic (exact) mass is 631 g/mol. The third-order valence-corrected chi connectivity index (χ3v) is 11.4. The van der Waals surface area contributed by atoms with E-state index in [9.17, 15) is 5.26 Å². The molecule has 1 aliphatic carbocycles. The number of nitriles is 1. The van der Waals surface area contributed by atoms with Crippen LogP contribution in [0.4, 0.5) is 0 Å². The van der Waals surface area contributed by atoms with Gasteiger partial charge in [-0.15, -0.1) is 11.3 Å². The number of fused-ring (bicyclic) bond motifs is 10. The van der Waals surface area contributed by atoms with E-state index in [1.165, 1.54) is 64.1 Å². The van der Waals surface area contributed by atoms with Crippen molar-refractivity contribution in [2.45, 2.75) is 13.3 Å². The summed E-state index contributed by atoms with van der Waals surface area (Å²) >= 11 is 1.87. The molecule has 0 saturated carbocycles. The van der Waals surface area contributed by atoms with Crippen molar-refractivity contribution in [3.63, 3.8) is 0 Å². The van der Waals surface area contributed by atoms with Crippen LogP contribution in [-0.2, 0) is 6.42 Å². The molecule has 0 aliphatic heterocycles. The van der Waals surface area contributed by atoms with Gasteiger partial charge in [0.05, 0.1) is 33.9 Å². The lowest BCUT2D eigenvalue weighted by Crippen LogP contribution is -2.09. The summed E-state index contributed by atoms with van der Waals surface area (Å²) in [6, 6.07) is 48.0. The quantitative estimate of drug-likeness (QED) is 0.191. The van der Waals surface area contributed by atoms with Crippen LogP contribution in [0.25, 0.3) is 81.5 Å². The average Bonchev–Trinajstić information content (AvgIpc) is 3.79. The van der Waals surface area contributed by atoms with Gasteiger partial charge in [0.25, 0.3) is 0 Å². The zero-order valence-corrected chi connectivity index (χ0v) is 27.1. The number of benzene rings is 6. The smallest absolute Gasteiger partial charge is 0.0991 e. The molecule has 1 aliphatic rings. The Morgan fingerprint density at radius 1 is 0.646 bits per heavy atom. The number of allylic oxidation sites excluding steroid dienone is 1. The highest BCUT2D eigenvalue weighted by Gasteiger charge is 2.24. The summed E-state index contributed by atoms with van der Waals surface area (Å²) in [5.74, 6) is 0.453. The lowest BCUT2D eigenvalue weighted by Gasteiger charge is -2.20. The van der Waals surface area contributed by atoms with E-state index in [0.717, 1.165) is 28.9 Å². The fraction of sp³-hybridized carbons (Fsp3) is 0.0682. The first kappa shape index (κ1) is 27.2. The molecule has 3 aromatic heterocycles. The van der Waals surface area contributed by atoms with Gasteiger partial charge in [0, 0.05) is 64.4 Å². The third kappa shape index (κ3) is 3.80. The Labute approximate surface area is 281 Å². The number of thiophene rings is 1. The van der Waals surface area contributed by atoms with Crippen molar-refractivity contribution < 1.29 is 0 Å². The summed E-state index contributed by atoms with van der Waals surface area (Å²) < 4.78 is 7.38. The molecule has 48 heavy (non-hydrogen) atoms. The summed E-state index contributed by atoms with van der Waals surface area (Å²) in [5.41, 5.74) is 11.4. The van der Waals surface area contributed by atoms with E-state index >= 15 is 0 Å². The predicted molar refractivity (Wildman–Crippen MR) is 203 cm³/mol. The van der Waals surface area contributed by atoms with E-state index in [0.29, 0.717) is 11.5 Å². The molecule has 1 unspecified atom stereocenters. The van der Waals surface area contributed by atoms with Crippen LogP contribution in [0.15, 0.2) is 133 Å². The molecule has 1 atom stereocenters. The SMILES string of the molecule is CC1C=Cc2c(n(-c3ccc(C#N)cc3-c3cccc4c3sc3c4ccc4c3c3ccccc3n4-c3ccccc3)c3ccccc23)C1. The second kappa shape index (κ2) is 10.3. The van der Waals surface area contributed by atoms with Gasteiger partial charge in [0.15, 0.2) is 0 Å². The van der Waals surface area contributed by atoms with Gasteiger partial charge in [-0.2, -0.15) is 5.26 Å². The largest absolute Gasteiger partial charge is 0.312 e. The first-order valence-electron chi connectivity index (χ1n) is 16.5. The van der Waals surface area contributed by atoms with Gasteiger partial charge in [-0.05, 0) is 60.9 Å². The molecule has 6 aromatic carbocycles. The topological polar surface area (TPSA) is 33.6 Å². The molecular formula is C44H29N3S. The molecule has 226 valence electrons. The Morgan fingerprint density at radius 2 is 1.38 bits per heavy atom. The van der Waals surface area contributed by atoms with Crippen molar-refractivity contribution in [3.05, 3.63) is 150 Å². The molecule has 9 aromatic rings. The maximum Gasteiger partial charge on any atom is 0.0991 e.